The van der Waals surface area contributed by atoms with Crippen molar-refractivity contribution in [3.05, 3.63) is 22.5 Å². The van der Waals surface area contributed by atoms with Crippen molar-refractivity contribution in [3.8, 4) is 0 Å². The van der Waals surface area contributed by atoms with Crippen molar-refractivity contribution in [2.45, 2.75) is 13.8 Å². The fourth-order valence-corrected chi connectivity index (χ4v) is 0.712. The lowest BCUT2D eigenvalue weighted by Crippen LogP contribution is -2.09. The van der Waals surface area contributed by atoms with Crippen LogP contribution in [0.15, 0.2) is 15.5 Å². The van der Waals surface area contributed by atoms with Crippen molar-refractivity contribution in [2.75, 3.05) is 0 Å². The number of carbonyl (C=O) groups is 1. The van der Waals surface area contributed by atoms with E-state index < -0.39 is 5.76 Å². The van der Waals surface area contributed by atoms with Gasteiger partial charge in [0.25, 0.3) is 0 Å². The second-order valence-electron chi connectivity index (χ2n) is 2.58. The Hall–Kier alpha value is -1.32. The third-order valence-corrected chi connectivity index (χ3v) is 1.31. The normalized spacial score (nSPS) is 10.5. The molecule has 0 bridgehead atoms. The van der Waals surface area contributed by atoms with Gasteiger partial charge in [0.05, 0.1) is 0 Å². The maximum atomic E-state index is 11.1. The number of carbonyl (C=O) groups excluding carboxylic acids is 1. The highest BCUT2D eigenvalue weighted by molar-refractivity contribution is 5.95. The minimum Gasteiger partial charge on any atom is -0.416 e. The monoisotopic (exact) mass is 155 g/mol. The van der Waals surface area contributed by atoms with Gasteiger partial charge in [-0.3, -0.25) is 9.78 Å². The van der Waals surface area contributed by atoms with Crippen LogP contribution in [0.25, 0.3) is 0 Å². The number of oxazole rings is 1. The lowest BCUT2D eigenvalue weighted by molar-refractivity contribution is 0.0934. The Morgan fingerprint density at radius 2 is 2.27 bits per heavy atom. The number of aromatic nitrogens is 1. The van der Waals surface area contributed by atoms with Crippen LogP contribution in [0.2, 0.25) is 0 Å². The van der Waals surface area contributed by atoms with Crippen LogP contribution in [0.1, 0.15) is 24.3 Å². The lowest BCUT2D eigenvalue weighted by Gasteiger charge is -1.97. The summed E-state index contributed by atoms with van der Waals surface area (Å²) in [5.41, 5.74) is 0.241. The molecule has 0 aliphatic carbocycles. The Morgan fingerprint density at radius 1 is 1.64 bits per heavy atom. The molecular formula is C7H9NO3. The third kappa shape index (κ3) is 1.58. The van der Waals surface area contributed by atoms with Crippen LogP contribution in [0.5, 0.6) is 0 Å². The first-order valence-corrected chi connectivity index (χ1v) is 3.33. The van der Waals surface area contributed by atoms with Crippen LogP contribution in [0, 0.1) is 5.92 Å². The molecule has 0 aliphatic rings. The van der Waals surface area contributed by atoms with E-state index in [-0.39, 0.29) is 17.4 Å². The van der Waals surface area contributed by atoms with Gasteiger partial charge in [-0.05, 0) is 0 Å². The highest BCUT2D eigenvalue weighted by Crippen LogP contribution is 2.02. The second kappa shape index (κ2) is 2.74. The molecule has 1 rings (SSSR count). The van der Waals surface area contributed by atoms with Crippen molar-refractivity contribution >= 4 is 5.78 Å². The van der Waals surface area contributed by atoms with Gasteiger partial charge in [0.2, 0.25) is 0 Å². The Kier molecular flexibility index (Phi) is 1.94. The van der Waals surface area contributed by atoms with Crippen LogP contribution in [0.3, 0.4) is 0 Å². The van der Waals surface area contributed by atoms with E-state index >= 15 is 0 Å². The van der Waals surface area contributed by atoms with E-state index in [0.29, 0.717) is 0 Å². The number of Topliss-reactive ketones (excluding diaryl/α,β-unsaturated/α-hetero) is 1. The summed E-state index contributed by atoms with van der Waals surface area (Å²) in [6.45, 7) is 3.52. The van der Waals surface area contributed by atoms with Crippen LogP contribution in [-0.4, -0.2) is 10.8 Å². The molecule has 0 saturated heterocycles. The summed E-state index contributed by atoms with van der Waals surface area (Å²) in [7, 11) is 0. The van der Waals surface area contributed by atoms with E-state index in [1.807, 2.05) is 0 Å². The average molecular weight is 155 g/mol. The molecule has 0 radical (unpaired) electrons. The summed E-state index contributed by atoms with van der Waals surface area (Å²) < 4.78 is 4.40. The number of aromatic amines is 1. The van der Waals surface area contributed by atoms with Gasteiger partial charge in [-0.15, -0.1) is 0 Å². The molecule has 0 amide bonds. The Morgan fingerprint density at radius 3 is 2.64 bits per heavy atom. The van der Waals surface area contributed by atoms with Crippen LogP contribution in [-0.2, 0) is 0 Å². The number of H-pyrrole nitrogens is 1. The number of hydrogen-bond donors (Lipinski definition) is 1. The molecule has 0 spiro atoms. The van der Waals surface area contributed by atoms with Gasteiger partial charge < -0.3 is 4.42 Å². The minimum absolute atomic E-state index is 0.115. The first-order chi connectivity index (χ1) is 5.11. The largest absolute Gasteiger partial charge is 0.416 e. The smallest absolute Gasteiger partial charge is 0.416 e. The van der Waals surface area contributed by atoms with Crippen molar-refractivity contribution in [3.63, 3.8) is 0 Å². The van der Waals surface area contributed by atoms with Crippen molar-refractivity contribution in [2.24, 2.45) is 5.92 Å². The summed E-state index contributed by atoms with van der Waals surface area (Å²) in [5.74, 6) is -0.826. The molecule has 1 aromatic rings. The Bertz CT molecular complexity index is 307. The van der Waals surface area contributed by atoms with E-state index in [2.05, 4.69) is 9.40 Å². The third-order valence-electron chi connectivity index (χ3n) is 1.31. The quantitative estimate of drug-likeness (QED) is 0.642. The second-order valence-corrected chi connectivity index (χ2v) is 2.58. The van der Waals surface area contributed by atoms with E-state index in [4.69, 9.17) is 0 Å². The molecule has 1 heterocycles. The Labute approximate surface area is 63.2 Å². The minimum atomic E-state index is -0.589. The first-order valence-electron chi connectivity index (χ1n) is 3.33. The lowest BCUT2D eigenvalue weighted by atomic mass is 10.1. The standard InChI is InChI=1S/C7H9NO3/c1-4(2)6(9)5-3-11-7(10)8-5/h3-4H,1-2H3,(H,8,10). The molecule has 60 valence electrons. The van der Waals surface area contributed by atoms with Crippen molar-refractivity contribution in [1.29, 1.82) is 0 Å². The summed E-state index contributed by atoms with van der Waals surface area (Å²) in [5, 5.41) is 0. The topological polar surface area (TPSA) is 63.1 Å². The van der Waals surface area contributed by atoms with Crippen molar-refractivity contribution < 1.29 is 9.21 Å². The summed E-state index contributed by atoms with van der Waals surface area (Å²) in [6, 6.07) is 0. The molecule has 0 fully saturated rings. The highest BCUT2D eigenvalue weighted by Gasteiger charge is 2.12. The van der Waals surface area contributed by atoms with E-state index in [1.54, 1.807) is 13.8 Å². The summed E-state index contributed by atoms with van der Waals surface area (Å²) in [4.78, 5) is 23.9. The maximum Gasteiger partial charge on any atom is 0.416 e. The van der Waals surface area contributed by atoms with Gasteiger partial charge in [-0.25, -0.2) is 4.79 Å². The molecule has 0 saturated carbocycles. The predicted molar refractivity (Wildman–Crippen MR) is 38.5 cm³/mol. The summed E-state index contributed by atoms with van der Waals surface area (Å²) >= 11 is 0. The fraction of sp³-hybridized carbons (Fsp3) is 0.429. The number of ketones is 1. The first kappa shape index (κ1) is 7.78. The molecule has 0 atom stereocenters. The van der Waals surface area contributed by atoms with Gasteiger partial charge in [-0.2, -0.15) is 0 Å². The SMILES string of the molecule is CC(C)C(=O)c1coc(=O)[nH]1. The molecule has 0 aliphatic heterocycles. The van der Waals surface area contributed by atoms with E-state index in [1.165, 1.54) is 0 Å². The molecule has 1 N–H and O–H groups in total. The zero-order chi connectivity index (χ0) is 8.43. The van der Waals surface area contributed by atoms with Crippen LogP contribution in [0.4, 0.5) is 0 Å². The van der Waals surface area contributed by atoms with Crippen LogP contribution < -0.4 is 5.76 Å². The zero-order valence-corrected chi connectivity index (χ0v) is 6.38. The van der Waals surface area contributed by atoms with Crippen LogP contribution >= 0.6 is 0 Å². The molecule has 0 unspecified atom stereocenters. The zero-order valence-electron chi connectivity index (χ0n) is 6.38. The number of rotatable bonds is 2. The predicted octanol–water partition coefficient (Wildman–Crippen LogP) is 0.807. The van der Waals surface area contributed by atoms with E-state index in [9.17, 15) is 9.59 Å². The molecule has 4 nitrogen and oxygen atoms in total. The fourth-order valence-electron chi connectivity index (χ4n) is 0.712. The van der Waals surface area contributed by atoms with E-state index in [0.717, 1.165) is 6.26 Å². The molecule has 0 aromatic carbocycles. The molecule has 4 heteroatoms. The molecule has 1 aromatic heterocycles. The average Bonchev–Trinajstić information content (AvgIpc) is 2.34. The van der Waals surface area contributed by atoms with Gasteiger partial charge in [-0.1, -0.05) is 13.8 Å². The Balaban J connectivity index is 2.94. The molecular weight excluding hydrogens is 146 g/mol. The van der Waals surface area contributed by atoms with Gasteiger partial charge in [0.1, 0.15) is 12.0 Å². The maximum absolute atomic E-state index is 11.1. The summed E-state index contributed by atoms with van der Waals surface area (Å²) in [6.07, 6.45) is 1.14. The van der Waals surface area contributed by atoms with Gasteiger partial charge in [0, 0.05) is 5.92 Å². The van der Waals surface area contributed by atoms with Gasteiger partial charge >= 0.3 is 5.76 Å². The van der Waals surface area contributed by atoms with Gasteiger partial charge in [0.15, 0.2) is 5.78 Å². The highest BCUT2D eigenvalue weighted by atomic mass is 16.4. The van der Waals surface area contributed by atoms with Crippen molar-refractivity contribution in [1.82, 2.24) is 4.98 Å². The number of hydrogen-bond acceptors (Lipinski definition) is 3. The molecule has 11 heavy (non-hydrogen) atoms. The number of nitrogens with one attached hydrogen (secondary N) is 1.